The fourth-order valence-corrected chi connectivity index (χ4v) is 3.59. The van der Waals surface area contributed by atoms with Gasteiger partial charge in [0.25, 0.3) is 0 Å². The number of halogens is 2. The first kappa shape index (κ1) is 19.4. The van der Waals surface area contributed by atoms with Gasteiger partial charge in [0, 0.05) is 31.7 Å². The molecule has 0 unspecified atom stereocenters. The van der Waals surface area contributed by atoms with Gasteiger partial charge in [-0.3, -0.25) is 0 Å². The largest absolute Gasteiger partial charge is 0.489 e. The zero-order chi connectivity index (χ0) is 18.5. The van der Waals surface area contributed by atoms with Gasteiger partial charge in [-0.2, -0.15) is 0 Å². The number of benzene rings is 2. The van der Waals surface area contributed by atoms with Gasteiger partial charge >= 0.3 is 0 Å². The second-order valence-electron chi connectivity index (χ2n) is 6.29. The summed E-state index contributed by atoms with van der Waals surface area (Å²) in [5.41, 5.74) is 2.00. The molecule has 6 heteroatoms. The molecule has 0 radical (unpaired) electrons. The summed E-state index contributed by atoms with van der Waals surface area (Å²) in [7, 11) is 0. The number of likely N-dealkylation sites (N-methyl/N-ethyl adjacent to an activating group) is 1. The summed E-state index contributed by atoms with van der Waals surface area (Å²) >= 11 is 17.7. The molecule has 0 N–H and O–H groups in total. The zero-order valence-electron chi connectivity index (χ0n) is 14.8. The van der Waals surface area contributed by atoms with Gasteiger partial charge in [-0.1, -0.05) is 60.5 Å². The highest BCUT2D eigenvalue weighted by atomic mass is 35.5. The van der Waals surface area contributed by atoms with E-state index in [1.54, 1.807) is 6.07 Å². The lowest BCUT2D eigenvalue weighted by atomic mass is 10.2. The Kier molecular flexibility index (Phi) is 6.76. The number of nitrogens with zero attached hydrogens (tertiary/aromatic N) is 2. The third kappa shape index (κ3) is 4.89. The van der Waals surface area contributed by atoms with Crippen LogP contribution >= 0.6 is 35.4 Å². The van der Waals surface area contributed by atoms with Crippen LogP contribution in [0.4, 0.5) is 0 Å². The number of thiocarbonyl (C=S) groups is 1. The molecule has 3 nitrogen and oxygen atoms in total. The maximum Gasteiger partial charge on any atom is 0.120 e. The minimum atomic E-state index is 0.433. The molecule has 1 aliphatic heterocycles. The first-order chi connectivity index (χ1) is 12.6. The molecule has 0 aliphatic carbocycles. The molecule has 2 aromatic rings. The van der Waals surface area contributed by atoms with Crippen molar-refractivity contribution < 1.29 is 4.74 Å². The summed E-state index contributed by atoms with van der Waals surface area (Å²) in [5.74, 6) is 0.795. The van der Waals surface area contributed by atoms with Crippen molar-refractivity contribution in [3.05, 3.63) is 63.6 Å². The lowest BCUT2D eigenvalue weighted by Gasteiger charge is -2.35. The molecule has 26 heavy (non-hydrogen) atoms. The first-order valence-corrected chi connectivity index (χ1v) is 9.91. The lowest BCUT2D eigenvalue weighted by molar-refractivity contribution is 0.192. The molecule has 0 atom stereocenters. The molecule has 1 aliphatic rings. The van der Waals surface area contributed by atoms with Crippen molar-refractivity contribution in [2.24, 2.45) is 0 Å². The fourth-order valence-electron chi connectivity index (χ4n) is 2.96. The normalized spacial score (nSPS) is 15.1. The van der Waals surface area contributed by atoms with Crippen LogP contribution in [0.15, 0.2) is 42.5 Å². The van der Waals surface area contributed by atoms with Gasteiger partial charge < -0.3 is 14.5 Å². The first-order valence-electron chi connectivity index (χ1n) is 8.75. The Labute approximate surface area is 170 Å². The standard InChI is InChI=1S/C20H22Cl2N2OS/c1-2-23-8-10-24(11-9-23)20(26)16-4-3-5-17(13-16)25-14-15-6-7-18(21)19(22)12-15/h3-7,12-13H,2,8-11,14H2,1H3. The average Bonchev–Trinajstić information content (AvgIpc) is 2.68. The third-order valence-electron chi connectivity index (χ3n) is 4.58. The van der Waals surface area contributed by atoms with E-state index in [1.807, 2.05) is 36.4 Å². The Morgan fingerprint density at radius 1 is 1.04 bits per heavy atom. The van der Waals surface area contributed by atoms with E-state index in [0.29, 0.717) is 16.7 Å². The molecular formula is C20H22Cl2N2OS. The van der Waals surface area contributed by atoms with Crippen LogP contribution in [-0.2, 0) is 6.61 Å². The molecule has 0 spiro atoms. The monoisotopic (exact) mass is 408 g/mol. The topological polar surface area (TPSA) is 15.7 Å². The fraction of sp³-hybridized carbons (Fsp3) is 0.350. The molecule has 3 rings (SSSR count). The summed E-state index contributed by atoms with van der Waals surface area (Å²) in [6, 6.07) is 13.5. The van der Waals surface area contributed by atoms with E-state index in [9.17, 15) is 0 Å². The Morgan fingerprint density at radius 3 is 2.50 bits per heavy atom. The number of rotatable bonds is 5. The van der Waals surface area contributed by atoms with Crippen LogP contribution in [0, 0.1) is 0 Å². The van der Waals surface area contributed by atoms with E-state index in [4.69, 9.17) is 40.2 Å². The maximum atomic E-state index is 6.06. The quantitative estimate of drug-likeness (QED) is 0.654. The molecule has 138 valence electrons. The summed E-state index contributed by atoms with van der Waals surface area (Å²) in [6.45, 7) is 7.79. The van der Waals surface area contributed by atoms with Gasteiger partial charge in [-0.05, 0) is 36.4 Å². The zero-order valence-corrected chi connectivity index (χ0v) is 17.1. The molecule has 1 fully saturated rings. The minimum absolute atomic E-state index is 0.433. The highest BCUT2D eigenvalue weighted by Gasteiger charge is 2.18. The predicted octanol–water partition coefficient (Wildman–Crippen LogP) is 4.89. The molecule has 1 saturated heterocycles. The molecule has 0 bridgehead atoms. The van der Waals surface area contributed by atoms with E-state index in [1.165, 1.54) is 0 Å². The second-order valence-corrected chi connectivity index (χ2v) is 7.49. The number of ether oxygens (including phenoxy) is 1. The summed E-state index contributed by atoms with van der Waals surface area (Å²) in [4.78, 5) is 5.61. The lowest BCUT2D eigenvalue weighted by Crippen LogP contribution is -2.48. The second kappa shape index (κ2) is 9.05. The van der Waals surface area contributed by atoms with Crippen LogP contribution in [0.5, 0.6) is 5.75 Å². The number of hydrogen-bond donors (Lipinski definition) is 0. The van der Waals surface area contributed by atoms with Crippen LogP contribution in [0.2, 0.25) is 10.0 Å². The van der Waals surface area contributed by atoms with Crippen LogP contribution < -0.4 is 4.74 Å². The van der Waals surface area contributed by atoms with Crippen molar-refractivity contribution in [3.63, 3.8) is 0 Å². The highest BCUT2D eigenvalue weighted by Crippen LogP contribution is 2.24. The smallest absolute Gasteiger partial charge is 0.120 e. The Hall–Kier alpha value is -1.33. The van der Waals surface area contributed by atoms with Crippen molar-refractivity contribution in [1.29, 1.82) is 0 Å². The van der Waals surface area contributed by atoms with Gasteiger partial charge in [0.2, 0.25) is 0 Å². The molecule has 1 heterocycles. The van der Waals surface area contributed by atoms with Crippen molar-refractivity contribution in [1.82, 2.24) is 9.80 Å². The number of piperazine rings is 1. The van der Waals surface area contributed by atoms with Crippen LogP contribution in [0.3, 0.4) is 0 Å². The molecular weight excluding hydrogens is 387 g/mol. The maximum absolute atomic E-state index is 6.06. The summed E-state index contributed by atoms with van der Waals surface area (Å²) in [6.07, 6.45) is 0. The Morgan fingerprint density at radius 2 is 1.81 bits per heavy atom. The average molecular weight is 409 g/mol. The van der Waals surface area contributed by atoms with Gasteiger partial charge in [-0.25, -0.2) is 0 Å². The Balaban J connectivity index is 1.62. The van der Waals surface area contributed by atoms with E-state index in [-0.39, 0.29) is 0 Å². The van der Waals surface area contributed by atoms with Crippen LogP contribution in [-0.4, -0.2) is 47.5 Å². The summed E-state index contributed by atoms with van der Waals surface area (Å²) in [5, 5.41) is 1.08. The SMILES string of the molecule is CCN1CCN(C(=S)c2cccc(OCc3ccc(Cl)c(Cl)c3)c2)CC1. The van der Waals surface area contributed by atoms with Crippen LogP contribution in [0.1, 0.15) is 18.1 Å². The van der Waals surface area contributed by atoms with Crippen molar-refractivity contribution in [2.75, 3.05) is 32.7 Å². The molecule has 0 amide bonds. The minimum Gasteiger partial charge on any atom is -0.489 e. The van der Waals surface area contributed by atoms with E-state index < -0.39 is 0 Å². The van der Waals surface area contributed by atoms with Gasteiger partial charge in [-0.15, -0.1) is 0 Å². The van der Waals surface area contributed by atoms with Crippen molar-refractivity contribution in [2.45, 2.75) is 13.5 Å². The Bertz CT molecular complexity index is 776. The third-order valence-corrected chi connectivity index (χ3v) is 5.81. The molecule has 0 aromatic heterocycles. The predicted molar refractivity (Wildman–Crippen MR) is 113 cm³/mol. The van der Waals surface area contributed by atoms with Gasteiger partial charge in [0.15, 0.2) is 0 Å². The molecule has 2 aromatic carbocycles. The molecule has 0 saturated carbocycles. The van der Waals surface area contributed by atoms with Crippen molar-refractivity contribution in [3.8, 4) is 5.75 Å². The van der Waals surface area contributed by atoms with Gasteiger partial charge in [0.05, 0.1) is 10.0 Å². The van der Waals surface area contributed by atoms with E-state index in [0.717, 1.165) is 54.6 Å². The van der Waals surface area contributed by atoms with E-state index in [2.05, 4.69) is 16.7 Å². The highest BCUT2D eigenvalue weighted by molar-refractivity contribution is 7.80. The number of hydrogen-bond acceptors (Lipinski definition) is 3. The summed E-state index contributed by atoms with van der Waals surface area (Å²) < 4.78 is 5.91. The van der Waals surface area contributed by atoms with E-state index >= 15 is 0 Å². The van der Waals surface area contributed by atoms with Crippen molar-refractivity contribution >= 4 is 40.4 Å². The van der Waals surface area contributed by atoms with Gasteiger partial charge in [0.1, 0.15) is 17.3 Å². The van der Waals surface area contributed by atoms with Crippen LogP contribution in [0.25, 0.3) is 0 Å².